The molecule has 2 aromatic carbocycles. The average molecular weight is 1070 g/mol. The lowest BCUT2D eigenvalue weighted by Crippen LogP contribution is -2.53. The number of aliphatic hydroxyl groups excluding tert-OH is 4. The summed E-state index contributed by atoms with van der Waals surface area (Å²) in [5.41, 5.74) is 2.37. The predicted molar refractivity (Wildman–Crippen MR) is 259 cm³/mol. The molecule has 0 aromatic heterocycles. The number of phenols is 2. The zero-order valence-electron chi connectivity index (χ0n) is 41.1. The van der Waals surface area contributed by atoms with Crippen LogP contribution < -0.4 is 10.5 Å². The Morgan fingerprint density at radius 2 is 1.49 bits per heavy atom. The zero-order valence-corrected chi connectivity index (χ0v) is 42.8. The number of ether oxygens (including phenoxy) is 5. The van der Waals surface area contributed by atoms with E-state index in [1.807, 2.05) is 0 Å². The van der Waals surface area contributed by atoms with E-state index in [1.165, 1.54) is 83.1 Å². The number of hydrogen-bond donors (Lipinski definition) is 10. The van der Waals surface area contributed by atoms with Crippen LogP contribution in [0.3, 0.4) is 0 Å². The number of Topliss-reactive ketones (excluding diaryl/α,β-unsaturated/α-hetero) is 1. The minimum Gasteiger partial charge on any atom is -0.507 e. The molecule has 2 aliphatic carbocycles. The summed E-state index contributed by atoms with van der Waals surface area (Å²) < 4.78 is 41.4. The highest BCUT2D eigenvalue weighted by atomic mass is 35.5. The van der Waals surface area contributed by atoms with E-state index in [9.17, 15) is 64.3 Å². The number of ketones is 3. The van der Waals surface area contributed by atoms with Gasteiger partial charge in [-0.3, -0.25) is 29.0 Å². The first-order valence-electron chi connectivity index (χ1n) is 24.3. The van der Waals surface area contributed by atoms with Crippen molar-refractivity contribution in [3.05, 3.63) is 63.1 Å². The van der Waals surface area contributed by atoms with E-state index >= 15 is 0 Å². The minimum atomic E-state index is -5.10. The van der Waals surface area contributed by atoms with Gasteiger partial charge in [-0.15, -0.1) is 12.4 Å². The number of methoxy groups -OCH3 is 1. The third-order valence-corrected chi connectivity index (χ3v) is 13.6. The second kappa shape index (κ2) is 27.2. The quantitative estimate of drug-likeness (QED) is 0.0253. The van der Waals surface area contributed by atoms with Gasteiger partial charge in [0.05, 0.1) is 42.1 Å². The van der Waals surface area contributed by atoms with Gasteiger partial charge in [0, 0.05) is 48.4 Å². The maximum atomic E-state index is 13.6. The maximum absolute atomic E-state index is 13.6. The maximum Gasteiger partial charge on any atom is 0.525 e. The highest BCUT2D eigenvalue weighted by molar-refractivity contribution is 7.46. The summed E-state index contributed by atoms with van der Waals surface area (Å²) in [5, 5.41) is 73.5. The molecule has 6 rings (SSSR count). The topological polar surface area (TPSA) is 366 Å². The summed E-state index contributed by atoms with van der Waals surface area (Å²) in [6.07, 6.45) is 7.26. The van der Waals surface area contributed by atoms with Crippen LogP contribution in [-0.4, -0.2) is 137 Å². The number of aliphatic hydroxyl groups is 5. The van der Waals surface area contributed by atoms with Crippen molar-refractivity contribution in [1.29, 1.82) is 0 Å². The monoisotopic (exact) mass is 1070 g/mol. The highest BCUT2D eigenvalue weighted by Gasteiger charge is 2.50. The number of phosphoric ester groups is 1. The highest BCUT2D eigenvalue weighted by Crippen LogP contribution is 2.52. The molecule has 2 aromatic rings. The van der Waals surface area contributed by atoms with Gasteiger partial charge >= 0.3 is 19.8 Å². The van der Waals surface area contributed by atoms with Gasteiger partial charge in [-0.05, 0) is 19.4 Å². The van der Waals surface area contributed by atoms with Crippen molar-refractivity contribution in [3.63, 3.8) is 0 Å². The Morgan fingerprint density at radius 3 is 2.05 bits per heavy atom. The number of aromatic hydroxyl groups is 2. The summed E-state index contributed by atoms with van der Waals surface area (Å²) in [7, 11) is -3.77. The van der Waals surface area contributed by atoms with Crippen molar-refractivity contribution in [2.24, 2.45) is 5.73 Å². The number of carbonyl (C=O) groups excluding carboxylic acids is 5. The van der Waals surface area contributed by atoms with Gasteiger partial charge in [0.15, 0.2) is 29.7 Å². The van der Waals surface area contributed by atoms with Crippen LogP contribution in [0.2, 0.25) is 0 Å². The summed E-state index contributed by atoms with van der Waals surface area (Å²) >= 11 is 0. The third-order valence-electron chi connectivity index (χ3n) is 13.2. The number of phosphoric acid groups is 1. The van der Waals surface area contributed by atoms with Gasteiger partial charge < -0.3 is 69.7 Å². The second-order valence-corrected chi connectivity index (χ2v) is 19.7. The van der Waals surface area contributed by atoms with E-state index in [2.05, 4.69) is 16.2 Å². The Kier molecular flexibility index (Phi) is 22.7. The molecular weight excluding hydrogens is 1000 g/mol. The fraction of sp³-hybridized carbons (Fsp3) is 0.612. The van der Waals surface area contributed by atoms with Crippen LogP contribution in [0.4, 0.5) is 0 Å². The number of unbranched alkanes of at least 4 members (excludes halogenated alkanes) is 12. The molecule has 22 nitrogen and oxygen atoms in total. The molecule has 1 fully saturated rings. The van der Waals surface area contributed by atoms with Crippen LogP contribution in [0.5, 0.6) is 17.2 Å². The van der Waals surface area contributed by atoms with Crippen molar-refractivity contribution in [1.82, 2.24) is 0 Å². The fourth-order valence-corrected chi connectivity index (χ4v) is 9.70. The number of nitrogens with two attached hydrogens (primary N) is 1. The van der Waals surface area contributed by atoms with Crippen LogP contribution in [0, 0.1) is 0 Å². The van der Waals surface area contributed by atoms with Crippen molar-refractivity contribution >= 4 is 49.5 Å². The number of benzene rings is 2. The lowest BCUT2D eigenvalue weighted by molar-refractivity contribution is -0.247. The van der Waals surface area contributed by atoms with Crippen LogP contribution in [0.25, 0.3) is 0 Å². The predicted octanol–water partition coefficient (Wildman–Crippen LogP) is 4.60. The molecule has 2 aliphatic heterocycles. The fourth-order valence-electron chi connectivity index (χ4n) is 9.30. The molecule has 0 bridgehead atoms. The number of hydrogen-bond acceptors (Lipinski definition) is 20. The Hall–Kier alpha value is -4.71. The number of halogens is 1. The Bertz CT molecular complexity index is 2360. The first-order chi connectivity index (χ1) is 34.1. The molecule has 2 heterocycles. The summed E-state index contributed by atoms with van der Waals surface area (Å²) in [5.74, 6) is -7.69. The van der Waals surface area contributed by atoms with Crippen LogP contribution in [0.15, 0.2) is 29.7 Å². The molecule has 0 amide bonds. The van der Waals surface area contributed by atoms with Crippen molar-refractivity contribution in [2.45, 2.75) is 171 Å². The SMILES string of the molecule is CCCCCCCCCCCCCCCC(=O)OC[C@H](O)[C@H]1OC(=O)C(OP(=O)(O)O)=C1O.COc1cccc2c1C(=O)c1c(O)c3c(c(O)c1C2=O)C[C@@](O)(C(=O)CO)C[C@@H]3O[C@H]1C[C@H](N)[C@H](O)[C@H](C)O1.Cl. The summed E-state index contributed by atoms with van der Waals surface area (Å²) in [6, 6.07) is 3.64. The van der Waals surface area contributed by atoms with E-state index in [1.54, 1.807) is 6.92 Å². The molecule has 1 saturated heterocycles. The molecule has 24 heteroatoms. The average Bonchev–Trinajstić information content (AvgIpc) is 3.61. The van der Waals surface area contributed by atoms with Gasteiger partial charge in [-0.1, -0.05) is 96.1 Å². The molecule has 8 atom stereocenters. The molecule has 408 valence electrons. The van der Waals surface area contributed by atoms with E-state index in [-0.39, 0.29) is 53.3 Å². The molecule has 73 heavy (non-hydrogen) atoms. The Morgan fingerprint density at radius 1 is 0.904 bits per heavy atom. The van der Waals surface area contributed by atoms with Crippen LogP contribution in [0.1, 0.15) is 166 Å². The zero-order chi connectivity index (χ0) is 53.1. The Balaban J connectivity index is 0.000000318. The number of carbonyl (C=O) groups is 5. The van der Waals surface area contributed by atoms with Crippen LogP contribution in [-0.2, 0) is 48.8 Å². The minimum absolute atomic E-state index is 0. The van der Waals surface area contributed by atoms with E-state index < -0.39 is 146 Å². The van der Waals surface area contributed by atoms with Crippen molar-refractivity contribution < 1.29 is 102 Å². The number of fused-ring (bicyclic) bond motifs is 3. The lowest BCUT2D eigenvalue weighted by Gasteiger charge is -2.42. The van der Waals surface area contributed by atoms with E-state index in [0.29, 0.717) is 6.42 Å². The van der Waals surface area contributed by atoms with Crippen molar-refractivity contribution in [2.75, 3.05) is 20.3 Å². The van der Waals surface area contributed by atoms with Gasteiger partial charge in [-0.2, -0.15) is 0 Å². The van der Waals surface area contributed by atoms with Gasteiger partial charge in [-0.25, -0.2) is 9.36 Å². The summed E-state index contributed by atoms with van der Waals surface area (Å²) in [4.78, 5) is 80.6. The number of esters is 2. The van der Waals surface area contributed by atoms with Crippen LogP contribution >= 0.6 is 20.2 Å². The van der Waals surface area contributed by atoms with Gasteiger partial charge in [0.2, 0.25) is 5.78 Å². The number of cyclic esters (lactones) is 1. The standard InChI is InChI=1S/C27H29NO11.C22H39O10P.ClH/c1-10-22(31)13(28)6-17(38-10)39-15-8-27(36,16(30)9-29)7-12-19(15)26(35)21-20(24(12)33)23(32)11-4-3-5-14(37-2)18(11)25(21)34;1-2-3-4-5-6-7-8-9-10-11-12-13-14-15-18(24)30-16-17(23)20-19(25)21(22(26)31-20)32-33(27,28)29;/h3-5,10,13,15,17,22,29,31,33,35-36H,6-9,28H2,1-2H3;17,20,23,25H,2-16H2,1H3,(H2,27,28,29);1H/t10-,13-,15-,17-,22+,27-;17-,20+;/m00./s1. The number of phenolic OH excluding ortho intramolecular Hbond substituents is 2. The Labute approximate surface area is 428 Å². The molecular formula is C49H69ClNO21P. The largest absolute Gasteiger partial charge is 0.525 e. The molecule has 0 radical (unpaired) electrons. The first-order valence-corrected chi connectivity index (χ1v) is 25.8. The molecule has 0 saturated carbocycles. The van der Waals surface area contributed by atoms with E-state index in [0.717, 1.165) is 19.3 Å². The van der Waals surface area contributed by atoms with Gasteiger partial charge in [0.1, 0.15) is 42.2 Å². The molecule has 0 unspecified atom stereocenters. The van der Waals surface area contributed by atoms with Gasteiger partial charge in [0.25, 0.3) is 5.76 Å². The summed E-state index contributed by atoms with van der Waals surface area (Å²) in [6.45, 7) is 2.23. The van der Waals surface area contributed by atoms with E-state index in [4.69, 9.17) is 34.5 Å². The lowest BCUT2D eigenvalue weighted by atomic mass is 9.72. The molecule has 11 N–H and O–H groups in total. The normalized spacial score (nSPS) is 23.7. The first kappa shape index (κ1) is 60.8. The van der Waals surface area contributed by atoms with Crippen molar-refractivity contribution in [3.8, 4) is 17.2 Å². The molecule has 0 spiro atoms. The third kappa shape index (κ3) is 15.0. The number of rotatable bonds is 24. The smallest absolute Gasteiger partial charge is 0.507 e. The molecule has 4 aliphatic rings. The second-order valence-electron chi connectivity index (χ2n) is 18.5.